The summed E-state index contributed by atoms with van der Waals surface area (Å²) in [5.74, 6) is 0.0610. The highest BCUT2D eigenvalue weighted by molar-refractivity contribution is 7.18. The third kappa shape index (κ3) is 3.27. The number of carbonyl (C=O) groups excluding carboxylic acids is 1. The summed E-state index contributed by atoms with van der Waals surface area (Å²) in [5, 5.41) is 6.99. The van der Waals surface area contributed by atoms with Crippen molar-refractivity contribution in [1.82, 2.24) is 10.3 Å². The average Bonchev–Trinajstić information content (AvgIpc) is 2.69. The van der Waals surface area contributed by atoms with Gasteiger partial charge in [-0.1, -0.05) is 0 Å². The summed E-state index contributed by atoms with van der Waals surface area (Å²) in [6.45, 7) is 2.85. The molecule has 1 aromatic carbocycles. The summed E-state index contributed by atoms with van der Waals surface area (Å²) in [7, 11) is 1.89. The van der Waals surface area contributed by atoms with Gasteiger partial charge in [0.2, 0.25) is 5.91 Å². The molecule has 1 aromatic heterocycles. The van der Waals surface area contributed by atoms with E-state index in [0.29, 0.717) is 6.42 Å². The summed E-state index contributed by atoms with van der Waals surface area (Å²) >= 11 is 1.64. The number of anilines is 1. The minimum absolute atomic E-state index is 0.0610. The van der Waals surface area contributed by atoms with Crippen molar-refractivity contribution in [3.63, 3.8) is 0 Å². The lowest BCUT2D eigenvalue weighted by Crippen LogP contribution is -2.15. The van der Waals surface area contributed by atoms with Gasteiger partial charge in [-0.05, 0) is 45.1 Å². The quantitative estimate of drug-likeness (QED) is 0.815. The number of benzene rings is 1. The first-order valence-corrected chi connectivity index (χ1v) is 6.82. The predicted octanol–water partition coefficient (Wildman–Crippen LogP) is 2.54. The molecule has 0 atom stereocenters. The van der Waals surface area contributed by atoms with Crippen molar-refractivity contribution in [2.24, 2.45) is 0 Å². The summed E-state index contributed by atoms with van der Waals surface area (Å²) in [6.07, 6.45) is 1.39. The maximum atomic E-state index is 11.7. The van der Waals surface area contributed by atoms with Crippen LogP contribution in [0, 0.1) is 6.92 Å². The van der Waals surface area contributed by atoms with Crippen LogP contribution in [0.3, 0.4) is 0 Å². The number of aromatic nitrogens is 1. The van der Waals surface area contributed by atoms with Gasteiger partial charge in [-0.15, -0.1) is 11.3 Å². The number of nitrogens with zero attached hydrogens (tertiary/aromatic N) is 1. The Hall–Kier alpha value is -1.46. The Morgan fingerprint density at radius 2 is 2.28 bits per heavy atom. The lowest BCUT2D eigenvalue weighted by Gasteiger charge is -2.04. The van der Waals surface area contributed by atoms with Gasteiger partial charge in [-0.3, -0.25) is 4.79 Å². The molecule has 96 valence electrons. The lowest BCUT2D eigenvalue weighted by molar-refractivity contribution is -0.116. The molecule has 0 saturated heterocycles. The molecule has 2 N–H and O–H groups in total. The monoisotopic (exact) mass is 263 g/mol. The van der Waals surface area contributed by atoms with Crippen LogP contribution in [0.4, 0.5) is 5.69 Å². The molecule has 0 bridgehead atoms. The number of aryl methyl sites for hydroxylation is 1. The van der Waals surface area contributed by atoms with Crippen LogP contribution >= 0.6 is 11.3 Å². The highest BCUT2D eigenvalue weighted by Crippen LogP contribution is 2.24. The van der Waals surface area contributed by atoms with Crippen LogP contribution < -0.4 is 10.6 Å². The molecule has 18 heavy (non-hydrogen) atoms. The number of hydrogen-bond donors (Lipinski definition) is 2. The highest BCUT2D eigenvalue weighted by Gasteiger charge is 2.05. The van der Waals surface area contributed by atoms with Crippen molar-refractivity contribution < 1.29 is 4.79 Å². The van der Waals surface area contributed by atoms with E-state index in [1.54, 1.807) is 11.3 Å². The van der Waals surface area contributed by atoms with Gasteiger partial charge in [0.1, 0.15) is 0 Å². The Labute approximate surface area is 110 Å². The van der Waals surface area contributed by atoms with Gasteiger partial charge in [0, 0.05) is 12.1 Å². The third-order valence-electron chi connectivity index (χ3n) is 2.61. The van der Waals surface area contributed by atoms with E-state index >= 15 is 0 Å². The van der Waals surface area contributed by atoms with Gasteiger partial charge in [0.15, 0.2) is 0 Å². The topological polar surface area (TPSA) is 54.0 Å². The minimum atomic E-state index is 0.0610. The second-order valence-electron chi connectivity index (χ2n) is 4.17. The lowest BCUT2D eigenvalue weighted by atomic mass is 10.2. The van der Waals surface area contributed by atoms with Crippen LogP contribution in [-0.2, 0) is 4.79 Å². The van der Waals surface area contributed by atoms with Crippen LogP contribution in [0.15, 0.2) is 18.2 Å². The molecular weight excluding hydrogens is 246 g/mol. The van der Waals surface area contributed by atoms with E-state index in [0.717, 1.165) is 33.9 Å². The molecule has 0 aliphatic carbocycles. The molecule has 1 heterocycles. The molecule has 0 radical (unpaired) electrons. The van der Waals surface area contributed by atoms with E-state index in [2.05, 4.69) is 15.6 Å². The van der Waals surface area contributed by atoms with Gasteiger partial charge >= 0.3 is 0 Å². The Kier molecular flexibility index (Phi) is 4.28. The van der Waals surface area contributed by atoms with Crippen molar-refractivity contribution in [2.45, 2.75) is 19.8 Å². The fourth-order valence-electron chi connectivity index (χ4n) is 1.77. The van der Waals surface area contributed by atoms with E-state index in [1.807, 2.05) is 32.2 Å². The number of fused-ring (bicyclic) bond motifs is 1. The SMILES string of the molecule is CNCCCC(=O)Nc1ccc2nc(C)sc2c1. The van der Waals surface area contributed by atoms with Crippen LogP contribution in [0.1, 0.15) is 17.8 Å². The molecule has 0 aliphatic rings. The fraction of sp³-hybridized carbons (Fsp3) is 0.385. The highest BCUT2D eigenvalue weighted by atomic mass is 32.1. The summed E-state index contributed by atoms with van der Waals surface area (Å²) < 4.78 is 1.11. The summed E-state index contributed by atoms with van der Waals surface area (Å²) in [4.78, 5) is 16.1. The van der Waals surface area contributed by atoms with Crippen LogP contribution in [0.2, 0.25) is 0 Å². The smallest absolute Gasteiger partial charge is 0.224 e. The largest absolute Gasteiger partial charge is 0.326 e. The molecule has 2 rings (SSSR count). The molecule has 5 heteroatoms. The summed E-state index contributed by atoms with van der Waals surface area (Å²) in [5.41, 5.74) is 1.84. The van der Waals surface area contributed by atoms with Crippen molar-refractivity contribution in [3.8, 4) is 0 Å². The molecular formula is C13H17N3OS. The number of hydrogen-bond acceptors (Lipinski definition) is 4. The number of rotatable bonds is 5. The molecule has 0 aliphatic heterocycles. The zero-order chi connectivity index (χ0) is 13.0. The molecule has 4 nitrogen and oxygen atoms in total. The van der Waals surface area contributed by atoms with Crippen molar-refractivity contribution in [2.75, 3.05) is 18.9 Å². The van der Waals surface area contributed by atoms with Crippen molar-refractivity contribution >= 4 is 33.1 Å². The Morgan fingerprint density at radius 3 is 3.06 bits per heavy atom. The van der Waals surface area contributed by atoms with Gasteiger partial charge in [-0.25, -0.2) is 4.98 Å². The number of nitrogens with one attached hydrogen (secondary N) is 2. The first-order chi connectivity index (χ1) is 8.69. The van der Waals surface area contributed by atoms with Gasteiger partial charge < -0.3 is 10.6 Å². The van der Waals surface area contributed by atoms with E-state index in [9.17, 15) is 4.79 Å². The van der Waals surface area contributed by atoms with Gasteiger partial charge in [-0.2, -0.15) is 0 Å². The Morgan fingerprint density at radius 1 is 1.44 bits per heavy atom. The van der Waals surface area contributed by atoms with Crippen molar-refractivity contribution in [3.05, 3.63) is 23.2 Å². The zero-order valence-corrected chi connectivity index (χ0v) is 11.4. The standard InChI is InChI=1S/C13H17N3OS/c1-9-15-11-6-5-10(8-12(11)18-9)16-13(17)4-3-7-14-2/h5-6,8,14H,3-4,7H2,1-2H3,(H,16,17). The second kappa shape index (κ2) is 5.93. The van der Waals surface area contributed by atoms with E-state index in [1.165, 1.54) is 0 Å². The molecule has 0 unspecified atom stereocenters. The Balaban J connectivity index is 2.00. The maximum Gasteiger partial charge on any atom is 0.224 e. The maximum absolute atomic E-state index is 11.7. The van der Waals surface area contributed by atoms with Crippen molar-refractivity contribution in [1.29, 1.82) is 0 Å². The van der Waals surface area contributed by atoms with Gasteiger partial charge in [0.05, 0.1) is 15.2 Å². The molecule has 2 aromatic rings. The predicted molar refractivity (Wildman–Crippen MR) is 76.1 cm³/mol. The molecule has 0 saturated carbocycles. The number of carbonyl (C=O) groups is 1. The first kappa shape index (κ1) is 13.0. The summed E-state index contributed by atoms with van der Waals surface area (Å²) in [6, 6.07) is 5.83. The van der Waals surface area contributed by atoms with Gasteiger partial charge in [0.25, 0.3) is 0 Å². The van der Waals surface area contributed by atoms with E-state index in [-0.39, 0.29) is 5.91 Å². The van der Waals surface area contributed by atoms with Crippen LogP contribution in [-0.4, -0.2) is 24.5 Å². The normalized spacial score (nSPS) is 10.8. The van der Waals surface area contributed by atoms with Crippen LogP contribution in [0.25, 0.3) is 10.2 Å². The molecule has 0 spiro atoms. The number of thiazole rings is 1. The third-order valence-corrected chi connectivity index (χ3v) is 3.54. The first-order valence-electron chi connectivity index (χ1n) is 6.00. The van der Waals surface area contributed by atoms with E-state index in [4.69, 9.17) is 0 Å². The number of amides is 1. The van der Waals surface area contributed by atoms with E-state index < -0.39 is 0 Å². The molecule has 1 amide bonds. The van der Waals surface area contributed by atoms with Crippen LogP contribution in [0.5, 0.6) is 0 Å². The fourth-order valence-corrected chi connectivity index (χ4v) is 2.63. The second-order valence-corrected chi connectivity index (χ2v) is 5.41. The molecule has 0 fully saturated rings. The Bertz CT molecular complexity index is 550. The average molecular weight is 263 g/mol. The minimum Gasteiger partial charge on any atom is -0.326 e. The zero-order valence-electron chi connectivity index (χ0n) is 10.6.